The lowest BCUT2D eigenvalue weighted by Gasteiger charge is -2.31. The Morgan fingerprint density at radius 1 is 1.52 bits per heavy atom. The number of amides is 1. The number of ether oxygens (including phenoxy) is 3. The Hall–Kier alpha value is -1.61. The standard InChI is InChI=1S/C17H26N4O4/c1-23-8-6-21-7-9-24-13-17(12-21)4-2-15(25-17)11-18-16(22)14-3-5-19-20-10-14/h3,5,10,15H,2,4,6-9,11-13H2,1H3,(H,18,22). The number of nitrogens with zero attached hydrogens (tertiary/aromatic N) is 3. The van der Waals surface area contributed by atoms with Crippen molar-refractivity contribution in [1.29, 1.82) is 0 Å². The van der Waals surface area contributed by atoms with Crippen LogP contribution in [0.1, 0.15) is 23.2 Å². The minimum Gasteiger partial charge on any atom is -0.383 e. The first-order valence-electron chi connectivity index (χ1n) is 8.72. The Balaban J connectivity index is 1.50. The van der Waals surface area contributed by atoms with E-state index >= 15 is 0 Å². The van der Waals surface area contributed by atoms with Gasteiger partial charge in [0, 0.05) is 33.3 Å². The van der Waals surface area contributed by atoms with E-state index < -0.39 is 0 Å². The highest BCUT2D eigenvalue weighted by Gasteiger charge is 2.42. The largest absolute Gasteiger partial charge is 0.383 e. The number of carbonyl (C=O) groups is 1. The van der Waals surface area contributed by atoms with Gasteiger partial charge in [0.15, 0.2) is 0 Å². The lowest BCUT2D eigenvalue weighted by atomic mass is 10.00. The lowest BCUT2D eigenvalue weighted by Crippen LogP contribution is -2.46. The molecule has 2 fully saturated rings. The molecule has 138 valence electrons. The summed E-state index contributed by atoms with van der Waals surface area (Å²) in [5.41, 5.74) is 0.226. The van der Waals surface area contributed by atoms with Crippen LogP contribution in [0.15, 0.2) is 18.5 Å². The van der Waals surface area contributed by atoms with E-state index in [0.29, 0.717) is 31.9 Å². The minimum atomic E-state index is -0.280. The van der Waals surface area contributed by atoms with Crippen LogP contribution in [-0.2, 0) is 14.2 Å². The first-order valence-corrected chi connectivity index (χ1v) is 8.72. The average molecular weight is 350 g/mol. The van der Waals surface area contributed by atoms with Crippen LogP contribution in [0.2, 0.25) is 0 Å². The molecule has 2 aliphatic heterocycles. The van der Waals surface area contributed by atoms with Crippen LogP contribution in [0.3, 0.4) is 0 Å². The zero-order chi connectivity index (χ0) is 17.5. The maximum absolute atomic E-state index is 12.1. The van der Waals surface area contributed by atoms with Crippen molar-refractivity contribution in [2.75, 3.05) is 53.1 Å². The molecule has 1 aromatic heterocycles. The summed E-state index contributed by atoms with van der Waals surface area (Å²) >= 11 is 0. The molecule has 2 saturated heterocycles. The fraction of sp³-hybridized carbons (Fsp3) is 0.706. The van der Waals surface area contributed by atoms with Gasteiger partial charge >= 0.3 is 0 Å². The van der Waals surface area contributed by atoms with E-state index in [9.17, 15) is 4.79 Å². The van der Waals surface area contributed by atoms with Gasteiger partial charge in [-0.05, 0) is 18.9 Å². The second kappa shape index (κ2) is 8.66. The monoisotopic (exact) mass is 350 g/mol. The van der Waals surface area contributed by atoms with Crippen LogP contribution in [0, 0.1) is 0 Å². The fourth-order valence-electron chi connectivity index (χ4n) is 3.39. The van der Waals surface area contributed by atoms with E-state index in [4.69, 9.17) is 14.2 Å². The highest BCUT2D eigenvalue weighted by Crippen LogP contribution is 2.32. The number of hydrogen-bond donors (Lipinski definition) is 1. The Morgan fingerprint density at radius 2 is 2.44 bits per heavy atom. The van der Waals surface area contributed by atoms with Crippen molar-refractivity contribution in [1.82, 2.24) is 20.4 Å². The van der Waals surface area contributed by atoms with Gasteiger partial charge in [-0.3, -0.25) is 9.69 Å². The molecular formula is C17H26N4O4. The number of carbonyl (C=O) groups excluding carboxylic acids is 1. The van der Waals surface area contributed by atoms with Crippen LogP contribution in [0.4, 0.5) is 0 Å². The normalized spacial score (nSPS) is 27.3. The van der Waals surface area contributed by atoms with Crippen LogP contribution in [-0.4, -0.2) is 85.8 Å². The van der Waals surface area contributed by atoms with Crippen molar-refractivity contribution >= 4 is 5.91 Å². The zero-order valence-electron chi connectivity index (χ0n) is 14.6. The lowest BCUT2D eigenvalue weighted by molar-refractivity contribution is -0.0851. The van der Waals surface area contributed by atoms with Gasteiger partial charge < -0.3 is 19.5 Å². The molecule has 2 atom stereocenters. The molecule has 3 rings (SSSR count). The number of methoxy groups -OCH3 is 1. The van der Waals surface area contributed by atoms with Crippen molar-refractivity contribution < 1.29 is 19.0 Å². The molecule has 2 unspecified atom stereocenters. The van der Waals surface area contributed by atoms with E-state index in [1.54, 1.807) is 13.2 Å². The summed E-state index contributed by atoms with van der Waals surface area (Å²) in [6, 6.07) is 1.64. The van der Waals surface area contributed by atoms with Gasteiger partial charge in [0.25, 0.3) is 5.91 Å². The molecule has 0 radical (unpaired) electrons. The molecule has 8 nitrogen and oxygen atoms in total. The molecule has 25 heavy (non-hydrogen) atoms. The zero-order valence-corrected chi connectivity index (χ0v) is 14.6. The summed E-state index contributed by atoms with van der Waals surface area (Å²) in [4.78, 5) is 14.4. The second-order valence-electron chi connectivity index (χ2n) is 6.62. The molecule has 1 spiro atoms. The van der Waals surface area contributed by atoms with Crippen molar-refractivity contribution in [3.63, 3.8) is 0 Å². The third-order valence-electron chi connectivity index (χ3n) is 4.72. The van der Waals surface area contributed by atoms with E-state index in [2.05, 4.69) is 20.4 Å². The van der Waals surface area contributed by atoms with Crippen molar-refractivity contribution in [2.24, 2.45) is 0 Å². The maximum atomic E-state index is 12.1. The molecule has 8 heteroatoms. The summed E-state index contributed by atoms with van der Waals surface area (Å²) in [5.74, 6) is -0.154. The fourth-order valence-corrected chi connectivity index (χ4v) is 3.39. The highest BCUT2D eigenvalue weighted by atomic mass is 16.6. The molecule has 1 aromatic rings. The molecule has 0 saturated carbocycles. The molecule has 3 heterocycles. The Morgan fingerprint density at radius 3 is 3.24 bits per heavy atom. The number of nitrogens with one attached hydrogen (secondary N) is 1. The third-order valence-corrected chi connectivity index (χ3v) is 4.72. The third kappa shape index (κ3) is 4.94. The maximum Gasteiger partial charge on any atom is 0.253 e. The summed E-state index contributed by atoms with van der Waals surface area (Å²) < 4.78 is 17.3. The van der Waals surface area contributed by atoms with Gasteiger partial charge in [-0.15, -0.1) is 0 Å². The van der Waals surface area contributed by atoms with E-state index in [-0.39, 0.29) is 17.6 Å². The quantitative estimate of drug-likeness (QED) is 0.779. The molecule has 0 aliphatic carbocycles. The van der Waals surface area contributed by atoms with Gasteiger partial charge in [-0.2, -0.15) is 10.2 Å². The van der Waals surface area contributed by atoms with Crippen molar-refractivity contribution in [3.05, 3.63) is 24.0 Å². The SMILES string of the molecule is COCCN1CCOCC2(CCC(CNC(=O)c3ccnnc3)O2)C1. The van der Waals surface area contributed by atoms with Crippen LogP contribution in [0.25, 0.3) is 0 Å². The molecular weight excluding hydrogens is 324 g/mol. The molecule has 1 N–H and O–H groups in total. The smallest absolute Gasteiger partial charge is 0.253 e. The van der Waals surface area contributed by atoms with Crippen LogP contribution < -0.4 is 5.32 Å². The van der Waals surface area contributed by atoms with Gasteiger partial charge in [0.1, 0.15) is 5.60 Å². The van der Waals surface area contributed by atoms with Gasteiger partial charge in [0.2, 0.25) is 0 Å². The van der Waals surface area contributed by atoms with E-state index in [1.807, 2.05) is 0 Å². The second-order valence-corrected chi connectivity index (χ2v) is 6.62. The first-order chi connectivity index (χ1) is 12.2. The summed E-state index contributed by atoms with van der Waals surface area (Å²) in [5, 5.41) is 10.3. The van der Waals surface area contributed by atoms with Gasteiger partial charge in [-0.1, -0.05) is 0 Å². The molecule has 1 amide bonds. The predicted octanol–water partition coefficient (Wildman–Crippen LogP) is 0.103. The first kappa shape index (κ1) is 18.2. The van der Waals surface area contributed by atoms with Crippen molar-refractivity contribution in [2.45, 2.75) is 24.5 Å². The summed E-state index contributed by atoms with van der Waals surface area (Å²) in [7, 11) is 1.72. The number of aromatic nitrogens is 2. The van der Waals surface area contributed by atoms with Crippen molar-refractivity contribution in [3.8, 4) is 0 Å². The minimum absolute atomic E-state index is 0.00437. The van der Waals surface area contributed by atoms with Gasteiger partial charge in [0.05, 0.1) is 43.9 Å². The van der Waals surface area contributed by atoms with Crippen LogP contribution >= 0.6 is 0 Å². The number of hydrogen-bond acceptors (Lipinski definition) is 7. The topological polar surface area (TPSA) is 85.8 Å². The predicted molar refractivity (Wildman–Crippen MR) is 90.3 cm³/mol. The molecule has 2 aliphatic rings. The summed E-state index contributed by atoms with van der Waals surface area (Å²) in [6.07, 6.45) is 4.82. The Bertz CT molecular complexity index is 559. The van der Waals surface area contributed by atoms with E-state index in [0.717, 1.165) is 32.5 Å². The summed E-state index contributed by atoms with van der Waals surface area (Å²) in [6.45, 7) is 5.12. The van der Waals surface area contributed by atoms with Crippen LogP contribution in [0.5, 0.6) is 0 Å². The molecule has 0 aromatic carbocycles. The van der Waals surface area contributed by atoms with Gasteiger partial charge in [-0.25, -0.2) is 0 Å². The highest BCUT2D eigenvalue weighted by molar-refractivity contribution is 5.93. The Labute approximate surface area is 147 Å². The van der Waals surface area contributed by atoms with E-state index in [1.165, 1.54) is 12.4 Å². The molecule has 0 bridgehead atoms. The Kier molecular flexibility index (Phi) is 6.30. The number of rotatable bonds is 6. The average Bonchev–Trinajstić information content (AvgIpc) is 2.93.